The fourth-order valence-electron chi connectivity index (χ4n) is 2.31. The van der Waals surface area contributed by atoms with Crippen LogP contribution in [0.4, 0.5) is 0 Å². The van der Waals surface area contributed by atoms with Gasteiger partial charge in [0.05, 0.1) is 6.61 Å². The third-order valence-electron chi connectivity index (χ3n) is 3.28. The van der Waals surface area contributed by atoms with Gasteiger partial charge in [0.2, 0.25) is 5.88 Å². The van der Waals surface area contributed by atoms with Crippen LogP contribution in [0.25, 0.3) is 0 Å². The van der Waals surface area contributed by atoms with Gasteiger partial charge in [0.25, 0.3) is 0 Å². The van der Waals surface area contributed by atoms with Crippen molar-refractivity contribution in [1.29, 1.82) is 5.26 Å². The Morgan fingerprint density at radius 1 is 1.56 bits per heavy atom. The Labute approximate surface area is 108 Å². The lowest BCUT2D eigenvalue weighted by Crippen LogP contribution is -2.33. The minimum Gasteiger partial charge on any atom is -0.476 e. The highest BCUT2D eigenvalue weighted by atomic mass is 16.5. The van der Waals surface area contributed by atoms with Gasteiger partial charge in [-0.1, -0.05) is 0 Å². The second kappa shape index (κ2) is 5.83. The molecule has 0 spiro atoms. The summed E-state index contributed by atoms with van der Waals surface area (Å²) in [6, 6.07) is 4.09. The molecule has 2 heterocycles. The maximum Gasteiger partial charge on any atom is 0.232 e. The normalized spacial score (nSPS) is 19.3. The Hall–Kier alpha value is -1.60. The average molecular weight is 245 g/mol. The summed E-state index contributed by atoms with van der Waals surface area (Å²) in [7, 11) is 0. The number of nitrogens with one attached hydrogen (secondary N) is 1. The zero-order valence-corrected chi connectivity index (χ0v) is 11.0. The first kappa shape index (κ1) is 12.8. The molecular formula is C14H19N3O. The molecule has 0 bridgehead atoms. The Bertz CT molecular complexity index is 459. The lowest BCUT2D eigenvalue weighted by Gasteiger charge is -2.22. The summed E-state index contributed by atoms with van der Waals surface area (Å²) in [5.74, 6) is 1.01. The summed E-state index contributed by atoms with van der Waals surface area (Å²) in [6.45, 7) is 6.57. The van der Waals surface area contributed by atoms with Crippen LogP contribution in [0.1, 0.15) is 29.7 Å². The van der Waals surface area contributed by atoms with Crippen LogP contribution in [0.2, 0.25) is 0 Å². The fraction of sp³-hybridized carbons (Fsp3) is 0.571. The minimum absolute atomic E-state index is 0.487. The molecule has 18 heavy (non-hydrogen) atoms. The van der Waals surface area contributed by atoms with E-state index in [9.17, 15) is 0 Å². The van der Waals surface area contributed by atoms with Gasteiger partial charge >= 0.3 is 0 Å². The van der Waals surface area contributed by atoms with Gasteiger partial charge in [-0.05, 0) is 44.9 Å². The van der Waals surface area contributed by atoms with Gasteiger partial charge in [0.15, 0.2) is 0 Å². The van der Waals surface area contributed by atoms with Crippen molar-refractivity contribution >= 4 is 0 Å². The van der Waals surface area contributed by atoms with E-state index in [1.165, 1.54) is 12.8 Å². The number of ether oxygens (including phenoxy) is 1. The second-order valence-corrected chi connectivity index (χ2v) is 4.90. The summed E-state index contributed by atoms with van der Waals surface area (Å²) in [6.07, 6.45) is 2.37. The van der Waals surface area contributed by atoms with Crippen molar-refractivity contribution in [2.24, 2.45) is 5.92 Å². The van der Waals surface area contributed by atoms with E-state index in [0.717, 1.165) is 24.3 Å². The summed E-state index contributed by atoms with van der Waals surface area (Å²) >= 11 is 0. The Kier molecular flexibility index (Phi) is 4.16. The summed E-state index contributed by atoms with van der Waals surface area (Å²) < 4.78 is 5.76. The average Bonchev–Trinajstić information content (AvgIpc) is 2.37. The third kappa shape index (κ3) is 2.99. The van der Waals surface area contributed by atoms with Crippen LogP contribution in [0.5, 0.6) is 5.88 Å². The molecule has 0 aliphatic carbocycles. The van der Waals surface area contributed by atoms with E-state index in [4.69, 9.17) is 10.00 Å². The number of piperidine rings is 1. The number of hydrogen-bond donors (Lipinski definition) is 1. The molecule has 1 aliphatic rings. The van der Waals surface area contributed by atoms with Crippen molar-refractivity contribution in [3.05, 3.63) is 22.9 Å². The minimum atomic E-state index is 0.487. The zero-order valence-electron chi connectivity index (χ0n) is 11.0. The Morgan fingerprint density at radius 2 is 2.39 bits per heavy atom. The topological polar surface area (TPSA) is 57.9 Å². The molecule has 4 nitrogen and oxygen atoms in total. The standard InChI is InChI=1S/C14H19N3O/c1-10-6-11(2)17-14(13(10)7-15)18-9-12-4-3-5-16-8-12/h6,12,16H,3-5,8-9H2,1-2H3. The van der Waals surface area contributed by atoms with E-state index in [-0.39, 0.29) is 0 Å². The van der Waals surface area contributed by atoms with Gasteiger partial charge in [0.1, 0.15) is 11.6 Å². The van der Waals surface area contributed by atoms with E-state index in [1.54, 1.807) is 0 Å². The quantitative estimate of drug-likeness (QED) is 0.884. The molecule has 0 amide bonds. The van der Waals surface area contributed by atoms with Crippen molar-refractivity contribution < 1.29 is 4.74 Å². The number of hydrogen-bond acceptors (Lipinski definition) is 4. The molecular weight excluding hydrogens is 226 g/mol. The third-order valence-corrected chi connectivity index (χ3v) is 3.28. The Morgan fingerprint density at radius 3 is 3.06 bits per heavy atom. The molecule has 2 rings (SSSR count). The van der Waals surface area contributed by atoms with Crippen molar-refractivity contribution in [2.75, 3.05) is 19.7 Å². The molecule has 1 unspecified atom stereocenters. The Balaban J connectivity index is 2.06. The molecule has 1 saturated heterocycles. The van der Waals surface area contributed by atoms with Gasteiger partial charge in [-0.15, -0.1) is 0 Å². The molecule has 1 aliphatic heterocycles. The van der Waals surface area contributed by atoms with Crippen LogP contribution in [-0.4, -0.2) is 24.7 Å². The number of nitriles is 1. The predicted molar refractivity (Wildman–Crippen MR) is 69.5 cm³/mol. The fourth-order valence-corrected chi connectivity index (χ4v) is 2.31. The molecule has 1 N–H and O–H groups in total. The van der Waals surface area contributed by atoms with E-state index in [0.29, 0.717) is 24.0 Å². The number of nitrogens with zero attached hydrogens (tertiary/aromatic N) is 2. The molecule has 1 aromatic heterocycles. The summed E-state index contributed by atoms with van der Waals surface area (Å²) in [5.41, 5.74) is 2.38. The van der Waals surface area contributed by atoms with E-state index >= 15 is 0 Å². The van der Waals surface area contributed by atoms with Crippen LogP contribution in [0, 0.1) is 31.1 Å². The van der Waals surface area contributed by atoms with Crippen LogP contribution in [0.15, 0.2) is 6.07 Å². The first-order chi connectivity index (χ1) is 8.70. The van der Waals surface area contributed by atoms with Crippen molar-refractivity contribution in [3.63, 3.8) is 0 Å². The molecule has 1 aromatic rings. The van der Waals surface area contributed by atoms with E-state index in [1.807, 2.05) is 19.9 Å². The van der Waals surface area contributed by atoms with Gasteiger partial charge < -0.3 is 10.1 Å². The maximum atomic E-state index is 9.14. The van der Waals surface area contributed by atoms with Crippen LogP contribution >= 0.6 is 0 Å². The summed E-state index contributed by atoms with van der Waals surface area (Å²) in [4.78, 5) is 4.32. The molecule has 4 heteroatoms. The molecule has 0 radical (unpaired) electrons. The molecule has 0 aromatic carbocycles. The number of aromatic nitrogens is 1. The number of aryl methyl sites for hydroxylation is 2. The number of rotatable bonds is 3. The predicted octanol–water partition coefficient (Wildman–Crippen LogP) is 1.95. The van der Waals surface area contributed by atoms with Gasteiger partial charge in [-0.2, -0.15) is 5.26 Å². The van der Waals surface area contributed by atoms with Gasteiger partial charge in [-0.25, -0.2) is 4.98 Å². The van der Waals surface area contributed by atoms with Gasteiger partial charge in [0, 0.05) is 18.2 Å². The number of pyridine rings is 1. The second-order valence-electron chi connectivity index (χ2n) is 4.90. The molecule has 0 saturated carbocycles. The largest absolute Gasteiger partial charge is 0.476 e. The van der Waals surface area contributed by atoms with Crippen molar-refractivity contribution in [1.82, 2.24) is 10.3 Å². The zero-order chi connectivity index (χ0) is 13.0. The van der Waals surface area contributed by atoms with Crippen molar-refractivity contribution in [2.45, 2.75) is 26.7 Å². The van der Waals surface area contributed by atoms with E-state index < -0.39 is 0 Å². The first-order valence-corrected chi connectivity index (χ1v) is 6.42. The van der Waals surface area contributed by atoms with Crippen LogP contribution < -0.4 is 10.1 Å². The highest BCUT2D eigenvalue weighted by molar-refractivity contribution is 5.45. The smallest absolute Gasteiger partial charge is 0.232 e. The van der Waals surface area contributed by atoms with E-state index in [2.05, 4.69) is 16.4 Å². The first-order valence-electron chi connectivity index (χ1n) is 6.42. The summed E-state index contributed by atoms with van der Waals surface area (Å²) in [5, 5.41) is 12.5. The molecule has 1 atom stereocenters. The highest BCUT2D eigenvalue weighted by Gasteiger charge is 2.16. The highest BCUT2D eigenvalue weighted by Crippen LogP contribution is 2.21. The maximum absolute atomic E-state index is 9.14. The molecule has 1 fully saturated rings. The SMILES string of the molecule is Cc1cc(C)c(C#N)c(OCC2CCCNC2)n1. The lowest BCUT2D eigenvalue weighted by molar-refractivity contribution is 0.211. The lowest BCUT2D eigenvalue weighted by atomic mass is 10.0. The van der Waals surface area contributed by atoms with Crippen LogP contribution in [0.3, 0.4) is 0 Å². The van der Waals surface area contributed by atoms with Gasteiger partial charge in [-0.3, -0.25) is 0 Å². The van der Waals surface area contributed by atoms with Crippen LogP contribution in [-0.2, 0) is 0 Å². The molecule has 96 valence electrons. The monoisotopic (exact) mass is 245 g/mol. The van der Waals surface area contributed by atoms with Crippen molar-refractivity contribution in [3.8, 4) is 11.9 Å².